The normalized spacial score (nSPS) is 12.4. The second kappa shape index (κ2) is 13.3. The molecule has 0 aliphatic rings. The van der Waals surface area contributed by atoms with Crippen molar-refractivity contribution in [2.75, 3.05) is 18.1 Å². The summed E-state index contributed by atoms with van der Waals surface area (Å²) in [5.41, 5.74) is 13.2. The van der Waals surface area contributed by atoms with E-state index in [9.17, 15) is 36.2 Å². The summed E-state index contributed by atoms with van der Waals surface area (Å²) in [5.74, 6) is -0.799. The van der Waals surface area contributed by atoms with Crippen LogP contribution < -0.4 is 16.2 Å². The van der Waals surface area contributed by atoms with Crippen molar-refractivity contribution in [3.05, 3.63) is 91.0 Å². The molecule has 15 nitrogen and oxygen atoms in total. The van der Waals surface area contributed by atoms with Crippen molar-refractivity contribution in [3.8, 4) is 28.4 Å². The van der Waals surface area contributed by atoms with E-state index in [2.05, 4.69) is 20.5 Å². The van der Waals surface area contributed by atoms with Crippen LogP contribution in [0.25, 0.3) is 32.7 Å². The van der Waals surface area contributed by atoms with Gasteiger partial charge in [0.2, 0.25) is 0 Å². The number of phenolic OH excluding ortho intramolecular Hbond substituents is 2. The molecule has 17 heteroatoms. The highest BCUT2D eigenvalue weighted by atomic mass is 32.2. The maximum atomic E-state index is 12.2. The van der Waals surface area contributed by atoms with E-state index < -0.39 is 52.9 Å². The number of hydrogen-bond donors (Lipinski definition) is 6. The van der Waals surface area contributed by atoms with Gasteiger partial charge < -0.3 is 26.4 Å². The lowest BCUT2D eigenvalue weighted by molar-refractivity contribution is 0.341. The number of fused-ring (bicyclic) bond motifs is 2. The van der Waals surface area contributed by atoms with Gasteiger partial charge in [0.15, 0.2) is 11.5 Å². The Morgan fingerprint density at radius 3 is 1.59 bits per heavy atom. The van der Waals surface area contributed by atoms with Crippen molar-refractivity contribution in [1.82, 2.24) is 0 Å². The fourth-order valence-corrected chi connectivity index (χ4v) is 6.60. The Morgan fingerprint density at radius 1 is 0.608 bits per heavy atom. The van der Waals surface area contributed by atoms with E-state index in [1.807, 2.05) is 0 Å². The Labute approximate surface area is 290 Å². The van der Waals surface area contributed by atoms with Crippen LogP contribution in [0.5, 0.6) is 17.2 Å². The van der Waals surface area contributed by atoms with Crippen molar-refractivity contribution < 1.29 is 40.9 Å². The molecule has 0 spiro atoms. The van der Waals surface area contributed by atoms with Crippen molar-refractivity contribution in [2.45, 2.75) is 16.7 Å². The molecule has 0 aliphatic carbocycles. The lowest BCUT2D eigenvalue weighted by Gasteiger charge is -2.11. The van der Waals surface area contributed by atoms with E-state index in [-0.39, 0.29) is 34.5 Å². The van der Waals surface area contributed by atoms with Crippen molar-refractivity contribution in [1.29, 1.82) is 0 Å². The zero-order valence-corrected chi connectivity index (χ0v) is 28.1. The number of nitrogens with zero attached hydrogens (tertiary/aromatic N) is 4. The molecule has 0 radical (unpaired) electrons. The van der Waals surface area contributed by atoms with Gasteiger partial charge in [-0.05, 0) is 89.5 Å². The molecule has 0 heterocycles. The second-order valence-electron chi connectivity index (χ2n) is 11.1. The predicted molar refractivity (Wildman–Crippen MR) is 191 cm³/mol. The Bertz CT molecular complexity index is 2650. The summed E-state index contributed by atoms with van der Waals surface area (Å²) in [6.07, 6.45) is 0. The summed E-state index contributed by atoms with van der Waals surface area (Å²) in [5, 5.41) is 38.9. The molecule has 0 saturated carbocycles. The number of rotatable bonds is 9. The van der Waals surface area contributed by atoms with Gasteiger partial charge in [0.25, 0.3) is 20.2 Å². The number of anilines is 2. The highest BCUT2D eigenvalue weighted by molar-refractivity contribution is 7.86. The van der Waals surface area contributed by atoms with Crippen LogP contribution in [0.3, 0.4) is 0 Å². The highest BCUT2D eigenvalue weighted by Gasteiger charge is 2.23. The smallest absolute Gasteiger partial charge is 0.296 e. The van der Waals surface area contributed by atoms with Gasteiger partial charge in [-0.15, -0.1) is 15.3 Å². The molecule has 0 aliphatic heterocycles. The van der Waals surface area contributed by atoms with Gasteiger partial charge in [-0.3, -0.25) is 9.11 Å². The van der Waals surface area contributed by atoms with Crippen LogP contribution in [-0.4, -0.2) is 42.8 Å². The summed E-state index contributed by atoms with van der Waals surface area (Å²) >= 11 is 0. The summed E-state index contributed by atoms with van der Waals surface area (Å²) in [4.78, 5) is -1.28. The van der Waals surface area contributed by atoms with E-state index in [1.165, 1.54) is 36.4 Å². The maximum Gasteiger partial charge on any atom is 0.296 e. The minimum absolute atomic E-state index is 0.186. The minimum atomic E-state index is -4.82. The molecule has 0 bridgehead atoms. The van der Waals surface area contributed by atoms with Gasteiger partial charge in [0, 0.05) is 22.1 Å². The maximum absolute atomic E-state index is 12.2. The first-order chi connectivity index (χ1) is 24.1. The van der Waals surface area contributed by atoms with Gasteiger partial charge in [-0.25, -0.2) is 0 Å². The molecule has 0 atom stereocenters. The number of phenols is 2. The molecule has 6 aromatic carbocycles. The number of hydrogen-bond acceptors (Lipinski definition) is 13. The first-order valence-corrected chi connectivity index (χ1v) is 17.8. The quantitative estimate of drug-likeness (QED) is 0.0472. The zero-order chi connectivity index (χ0) is 36.7. The van der Waals surface area contributed by atoms with Crippen LogP contribution in [0.15, 0.2) is 121 Å². The summed E-state index contributed by atoms with van der Waals surface area (Å²) in [6, 6.07) is 22.7. The van der Waals surface area contributed by atoms with Gasteiger partial charge in [0.1, 0.15) is 32.6 Å². The Kier molecular flexibility index (Phi) is 9.05. The third-order valence-corrected chi connectivity index (χ3v) is 9.43. The molecule has 0 unspecified atom stereocenters. The molecule has 6 rings (SSSR count). The van der Waals surface area contributed by atoms with Gasteiger partial charge in [-0.1, -0.05) is 30.3 Å². The van der Waals surface area contributed by atoms with Crippen molar-refractivity contribution in [3.63, 3.8) is 0 Å². The Morgan fingerprint density at radius 2 is 1.10 bits per heavy atom. The van der Waals surface area contributed by atoms with E-state index in [4.69, 9.17) is 16.2 Å². The number of azo groups is 2. The van der Waals surface area contributed by atoms with Crippen LogP contribution >= 0.6 is 0 Å². The first-order valence-electron chi connectivity index (χ1n) is 14.9. The third kappa shape index (κ3) is 7.12. The van der Waals surface area contributed by atoms with Crippen LogP contribution in [0.2, 0.25) is 0 Å². The number of benzene rings is 6. The van der Waals surface area contributed by atoms with E-state index in [1.54, 1.807) is 49.4 Å². The van der Waals surface area contributed by atoms with Crippen LogP contribution in [0.4, 0.5) is 34.1 Å². The second-order valence-corrected chi connectivity index (χ2v) is 13.9. The molecule has 0 fully saturated rings. The standard InChI is InChI=1S/C34H28N6O9S2/c1-2-49-28-13-19(7-12-27(28)38-40-32-30(51(46,47)48)15-21-4-9-23(36)17-26(21)34(32)42)18-5-10-24(11-6-18)37-39-31-29(50(43,44)45)14-20-3-8-22(35)16-25(20)33(31)41/h3-17,41-42H,2,35-36H2,1H3,(H,43,44,45)(H,46,47,48). The molecule has 0 amide bonds. The van der Waals surface area contributed by atoms with E-state index >= 15 is 0 Å². The number of ether oxygens (including phenoxy) is 1. The average Bonchev–Trinajstić information content (AvgIpc) is 3.07. The average molecular weight is 729 g/mol. The number of aromatic hydroxyl groups is 2. The van der Waals surface area contributed by atoms with E-state index in [0.717, 1.165) is 12.1 Å². The zero-order valence-electron chi connectivity index (χ0n) is 26.5. The summed E-state index contributed by atoms with van der Waals surface area (Å²) < 4.78 is 74.1. The third-order valence-electron chi connectivity index (χ3n) is 7.69. The SMILES string of the molecule is CCOc1cc(-c2ccc(N=Nc3c(S(=O)(=O)O)cc4ccc(N)cc4c3O)cc2)ccc1N=Nc1c(S(=O)(=O)O)cc2ccc(N)cc2c1O. The van der Waals surface area contributed by atoms with Crippen LogP contribution in [0.1, 0.15) is 6.92 Å². The minimum Gasteiger partial charge on any atom is -0.505 e. The molecule has 6 aromatic rings. The number of nitrogen functional groups attached to an aromatic ring is 2. The number of nitrogens with two attached hydrogens (primary N) is 2. The van der Waals surface area contributed by atoms with Crippen molar-refractivity contribution in [2.24, 2.45) is 20.5 Å². The lowest BCUT2D eigenvalue weighted by Crippen LogP contribution is -1.99. The van der Waals surface area contributed by atoms with Gasteiger partial charge in [-0.2, -0.15) is 21.9 Å². The molecule has 8 N–H and O–H groups in total. The van der Waals surface area contributed by atoms with Gasteiger partial charge >= 0.3 is 0 Å². The molecule has 260 valence electrons. The lowest BCUT2D eigenvalue weighted by atomic mass is 10.0. The van der Waals surface area contributed by atoms with E-state index in [0.29, 0.717) is 33.3 Å². The van der Waals surface area contributed by atoms with Gasteiger partial charge in [0.05, 0.1) is 12.3 Å². The van der Waals surface area contributed by atoms with Crippen molar-refractivity contribution >= 4 is 75.9 Å². The molecule has 51 heavy (non-hydrogen) atoms. The molecular weight excluding hydrogens is 701 g/mol. The summed E-state index contributed by atoms with van der Waals surface area (Å²) in [7, 11) is -9.60. The molecule has 0 saturated heterocycles. The summed E-state index contributed by atoms with van der Waals surface area (Å²) in [6.45, 7) is 1.99. The molecule has 0 aromatic heterocycles. The fourth-order valence-electron chi connectivity index (χ4n) is 5.28. The topological polar surface area (TPSA) is 260 Å². The largest absolute Gasteiger partial charge is 0.505 e. The fraction of sp³-hybridized carbons (Fsp3) is 0.0588. The Balaban J connectivity index is 1.32. The highest BCUT2D eigenvalue weighted by Crippen LogP contribution is 2.44. The first kappa shape index (κ1) is 34.7. The predicted octanol–water partition coefficient (Wildman–Crippen LogP) is 7.96. The van der Waals surface area contributed by atoms with Crippen LogP contribution in [0, 0.1) is 0 Å². The van der Waals surface area contributed by atoms with Crippen LogP contribution in [-0.2, 0) is 20.2 Å². The monoisotopic (exact) mass is 728 g/mol. The Hall–Kier alpha value is -6.14. The molecular formula is C34H28N6O9S2.